The van der Waals surface area contributed by atoms with Gasteiger partial charge in [-0.2, -0.15) is 0 Å². The molecule has 1 fully saturated rings. The number of ether oxygens (including phenoxy) is 1. The van der Waals surface area contributed by atoms with E-state index >= 15 is 0 Å². The molecule has 1 aliphatic rings. The highest BCUT2D eigenvalue weighted by atomic mass is 19.1. The van der Waals surface area contributed by atoms with Crippen LogP contribution in [0.15, 0.2) is 72.9 Å². The Morgan fingerprint density at radius 1 is 0.889 bits per heavy atom. The summed E-state index contributed by atoms with van der Waals surface area (Å²) >= 11 is 0. The van der Waals surface area contributed by atoms with Crippen LogP contribution in [0.2, 0.25) is 0 Å². The second-order valence-electron chi connectivity index (χ2n) is 9.35. The van der Waals surface area contributed by atoms with Crippen molar-refractivity contribution in [2.24, 2.45) is 0 Å². The van der Waals surface area contributed by atoms with Gasteiger partial charge < -0.3 is 14.9 Å². The highest BCUT2D eigenvalue weighted by Gasteiger charge is 2.45. The third-order valence-electron chi connectivity index (χ3n) is 6.67. The van der Waals surface area contributed by atoms with Crippen molar-refractivity contribution >= 4 is 0 Å². The van der Waals surface area contributed by atoms with Gasteiger partial charge in [-0.3, -0.25) is 14.8 Å². The van der Waals surface area contributed by atoms with Gasteiger partial charge in [0, 0.05) is 44.5 Å². The van der Waals surface area contributed by atoms with Gasteiger partial charge in [-0.05, 0) is 54.6 Å². The summed E-state index contributed by atoms with van der Waals surface area (Å²) in [6.07, 6.45) is 0.553. The summed E-state index contributed by atoms with van der Waals surface area (Å²) in [6, 6.07) is 18.1. The normalized spacial score (nSPS) is 22.0. The van der Waals surface area contributed by atoms with Crippen molar-refractivity contribution in [3.05, 3.63) is 101 Å². The molecule has 1 saturated heterocycles. The number of hydrogen-bond acceptors (Lipinski definition) is 6. The Balaban J connectivity index is 1.51. The summed E-state index contributed by atoms with van der Waals surface area (Å²) in [4.78, 5) is 8.58. The largest absolute Gasteiger partial charge is 0.394 e. The van der Waals surface area contributed by atoms with Crippen LogP contribution in [-0.4, -0.2) is 76.1 Å². The lowest BCUT2D eigenvalue weighted by Gasteiger charge is -2.33. The zero-order chi connectivity index (χ0) is 25.5. The van der Waals surface area contributed by atoms with Crippen LogP contribution in [0.3, 0.4) is 0 Å². The number of aromatic nitrogens is 1. The molecule has 192 valence electrons. The van der Waals surface area contributed by atoms with Crippen LogP contribution < -0.4 is 0 Å². The van der Waals surface area contributed by atoms with Crippen LogP contribution in [-0.2, 0) is 24.2 Å². The topological polar surface area (TPSA) is 69.1 Å². The fraction of sp³-hybridized carbons (Fsp3) is 0.393. The van der Waals surface area contributed by atoms with Crippen molar-refractivity contribution in [2.45, 2.75) is 43.9 Å². The van der Waals surface area contributed by atoms with E-state index in [2.05, 4.69) is 14.8 Å². The highest BCUT2D eigenvalue weighted by Crippen LogP contribution is 2.27. The summed E-state index contributed by atoms with van der Waals surface area (Å²) in [5.74, 6) is -0.599. The maximum atomic E-state index is 13.5. The molecule has 4 rings (SSSR count). The summed E-state index contributed by atoms with van der Waals surface area (Å²) in [5.41, 5.74) is 2.81. The van der Waals surface area contributed by atoms with E-state index in [4.69, 9.17) is 4.74 Å². The van der Waals surface area contributed by atoms with E-state index < -0.39 is 12.2 Å². The Morgan fingerprint density at radius 2 is 1.50 bits per heavy atom. The Labute approximate surface area is 210 Å². The zero-order valence-corrected chi connectivity index (χ0v) is 20.4. The van der Waals surface area contributed by atoms with Gasteiger partial charge in [0.1, 0.15) is 23.8 Å². The van der Waals surface area contributed by atoms with E-state index in [-0.39, 0.29) is 30.4 Å². The van der Waals surface area contributed by atoms with Crippen molar-refractivity contribution < 1.29 is 23.7 Å². The van der Waals surface area contributed by atoms with Gasteiger partial charge in [0.2, 0.25) is 0 Å². The Morgan fingerprint density at radius 3 is 2.03 bits per heavy atom. The number of pyridine rings is 1. The fourth-order valence-electron chi connectivity index (χ4n) is 4.79. The van der Waals surface area contributed by atoms with Gasteiger partial charge in [-0.15, -0.1) is 0 Å². The number of aliphatic hydroxyl groups is 2. The van der Waals surface area contributed by atoms with E-state index in [1.165, 1.54) is 24.3 Å². The maximum absolute atomic E-state index is 13.5. The number of nitrogens with zero attached hydrogens (tertiary/aromatic N) is 3. The lowest BCUT2D eigenvalue weighted by Crippen LogP contribution is -2.50. The summed E-state index contributed by atoms with van der Waals surface area (Å²) in [5, 5.41) is 20.8. The molecular weight excluding hydrogens is 464 g/mol. The third-order valence-corrected chi connectivity index (χ3v) is 6.67. The average Bonchev–Trinajstić information content (AvgIpc) is 3.20. The molecule has 0 bridgehead atoms. The quantitative estimate of drug-likeness (QED) is 0.425. The predicted molar refractivity (Wildman–Crippen MR) is 133 cm³/mol. The molecule has 0 spiro atoms. The fourth-order valence-corrected chi connectivity index (χ4v) is 4.79. The van der Waals surface area contributed by atoms with Crippen LogP contribution >= 0.6 is 0 Å². The van der Waals surface area contributed by atoms with Gasteiger partial charge in [0.05, 0.1) is 18.8 Å². The molecule has 3 aromatic rings. The first kappa shape index (κ1) is 26.3. The molecule has 2 heterocycles. The van der Waals surface area contributed by atoms with Gasteiger partial charge in [-0.25, -0.2) is 8.78 Å². The minimum absolute atomic E-state index is 0.280. The number of likely N-dealkylation sites (N-methyl/N-ethyl adjacent to an activating group) is 1. The van der Waals surface area contributed by atoms with Crippen LogP contribution in [0.4, 0.5) is 8.78 Å². The van der Waals surface area contributed by atoms with Crippen LogP contribution in [0.1, 0.15) is 16.8 Å². The molecule has 8 heteroatoms. The van der Waals surface area contributed by atoms with E-state index in [1.807, 2.05) is 25.2 Å². The molecule has 2 aromatic carbocycles. The van der Waals surface area contributed by atoms with E-state index in [0.717, 1.165) is 16.8 Å². The molecular formula is C28H33F2N3O3. The lowest BCUT2D eigenvalue weighted by atomic mass is 10.0. The first-order chi connectivity index (χ1) is 17.4. The molecule has 36 heavy (non-hydrogen) atoms. The summed E-state index contributed by atoms with van der Waals surface area (Å²) < 4.78 is 33.1. The third kappa shape index (κ3) is 6.93. The van der Waals surface area contributed by atoms with Crippen LogP contribution in [0.5, 0.6) is 0 Å². The van der Waals surface area contributed by atoms with Crippen LogP contribution in [0.25, 0.3) is 0 Å². The van der Waals surface area contributed by atoms with Gasteiger partial charge in [0.25, 0.3) is 0 Å². The average molecular weight is 498 g/mol. The van der Waals surface area contributed by atoms with E-state index in [0.29, 0.717) is 32.6 Å². The Hall–Kier alpha value is -2.75. The summed E-state index contributed by atoms with van der Waals surface area (Å²) in [7, 11) is 1.94. The Bertz CT molecular complexity index is 1020. The first-order valence-electron chi connectivity index (χ1n) is 12.2. The van der Waals surface area contributed by atoms with Crippen molar-refractivity contribution in [3.63, 3.8) is 0 Å². The van der Waals surface area contributed by atoms with Crippen molar-refractivity contribution in [1.29, 1.82) is 0 Å². The predicted octanol–water partition coefficient (Wildman–Crippen LogP) is 3.03. The van der Waals surface area contributed by atoms with Crippen LogP contribution in [0, 0.1) is 11.6 Å². The van der Waals surface area contributed by atoms with Crippen molar-refractivity contribution in [2.75, 3.05) is 26.7 Å². The second-order valence-corrected chi connectivity index (χ2v) is 9.35. The molecule has 1 aromatic heterocycles. The minimum Gasteiger partial charge on any atom is -0.394 e. The lowest BCUT2D eigenvalue weighted by molar-refractivity contribution is -0.0322. The smallest absolute Gasteiger partial charge is 0.123 e. The number of rotatable bonds is 11. The molecule has 4 atom stereocenters. The molecule has 0 radical (unpaired) electrons. The molecule has 2 N–H and O–H groups in total. The molecule has 0 amide bonds. The van der Waals surface area contributed by atoms with Crippen molar-refractivity contribution in [3.8, 4) is 0 Å². The number of halogens is 2. The van der Waals surface area contributed by atoms with E-state index in [1.54, 1.807) is 30.5 Å². The zero-order valence-electron chi connectivity index (χ0n) is 20.4. The number of hydrogen-bond donors (Lipinski definition) is 2. The first-order valence-corrected chi connectivity index (χ1v) is 12.2. The minimum atomic E-state index is -0.854. The SMILES string of the molecule is CN(CCc1ccccn1)[C@H]1[C@H](O)[C@H](CO)O[C@@H]1CN(Cc1ccc(F)cc1)Cc1ccc(F)cc1. The molecule has 1 aliphatic heterocycles. The van der Waals surface area contributed by atoms with E-state index in [9.17, 15) is 19.0 Å². The monoisotopic (exact) mass is 497 g/mol. The number of aliphatic hydroxyl groups excluding tert-OH is 2. The maximum Gasteiger partial charge on any atom is 0.123 e. The van der Waals surface area contributed by atoms with Gasteiger partial charge in [-0.1, -0.05) is 30.3 Å². The Kier molecular flexibility index (Phi) is 9.12. The molecule has 6 nitrogen and oxygen atoms in total. The molecule has 0 saturated carbocycles. The van der Waals surface area contributed by atoms with Gasteiger partial charge in [0.15, 0.2) is 0 Å². The second kappa shape index (κ2) is 12.5. The van der Waals surface area contributed by atoms with Gasteiger partial charge >= 0.3 is 0 Å². The molecule has 0 aliphatic carbocycles. The highest BCUT2D eigenvalue weighted by molar-refractivity contribution is 5.18. The number of benzene rings is 2. The summed E-state index contributed by atoms with van der Waals surface area (Å²) in [6.45, 7) is 1.87. The molecule has 0 unspecified atom stereocenters. The van der Waals surface area contributed by atoms with Crippen molar-refractivity contribution in [1.82, 2.24) is 14.8 Å². The standard InChI is InChI=1S/C28H33F2N3O3/c1-32(15-13-24-4-2-3-14-31-24)27-25(36-26(19-34)28(27)35)18-33(16-20-5-9-22(29)10-6-20)17-21-7-11-23(30)12-8-21/h2-12,14,25-28,34-35H,13,15-19H2,1H3/t25-,26+,27-,28-/m1/s1.